The topological polar surface area (TPSA) is 49.3 Å². The molecule has 1 aromatic carbocycles. The molecule has 0 aliphatic rings. The molecular weight excluding hydrogens is 289 g/mol. The van der Waals surface area contributed by atoms with Gasteiger partial charge in [0, 0.05) is 10.4 Å². The van der Waals surface area contributed by atoms with Gasteiger partial charge in [0.1, 0.15) is 12.4 Å². The Morgan fingerprint density at radius 1 is 1.29 bits per heavy atom. The largest absolute Gasteiger partial charge is 0.384 e. The maximum Gasteiger partial charge on any atom is 0.224 e. The van der Waals surface area contributed by atoms with Crippen LogP contribution in [-0.2, 0) is 17.8 Å². The summed E-state index contributed by atoms with van der Waals surface area (Å²) in [7, 11) is 0. The standard InChI is InChI=1S/C16H14FNO2S/c17-14-5-3-12(4-6-14)10-16(20)18-11-15-13(2-1-8-19)7-9-21-15/h3-7,9,19H,8,10-11H2,(H,18,20). The molecule has 0 atom stereocenters. The Morgan fingerprint density at radius 2 is 2.05 bits per heavy atom. The summed E-state index contributed by atoms with van der Waals surface area (Å²) in [6.45, 7) is 0.208. The molecule has 1 aromatic heterocycles. The number of hydrogen-bond acceptors (Lipinski definition) is 3. The number of nitrogens with one attached hydrogen (secondary N) is 1. The lowest BCUT2D eigenvalue weighted by molar-refractivity contribution is -0.120. The number of benzene rings is 1. The minimum Gasteiger partial charge on any atom is -0.384 e. The van der Waals surface area contributed by atoms with Gasteiger partial charge in [0.15, 0.2) is 0 Å². The number of thiophene rings is 1. The van der Waals surface area contributed by atoms with Crippen LogP contribution in [0.3, 0.4) is 0 Å². The van der Waals surface area contributed by atoms with Crippen molar-refractivity contribution < 1.29 is 14.3 Å². The van der Waals surface area contributed by atoms with Crippen LogP contribution in [-0.4, -0.2) is 17.6 Å². The molecule has 0 saturated carbocycles. The van der Waals surface area contributed by atoms with Gasteiger partial charge in [-0.1, -0.05) is 24.0 Å². The number of carbonyl (C=O) groups excluding carboxylic acids is 1. The molecule has 0 aliphatic carbocycles. The summed E-state index contributed by atoms with van der Waals surface area (Å²) >= 11 is 1.50. The molecule has 0 fully saturated rings. The monoisotopic (exact) mass is 303 g/mol. The van der Waals surface area contributed by atoms with Crippen molar-refractivity contribution in [3.05, 3.63) is 57.5 Å². The number of hydrogen-bond donors (Lipinski definition) is 2. The van der Waals surface area contributed by atoms with Gasteiger partial charge in [-0.25, -0.2) is 4.39 Å². The van der Waals surface area contributed by atoms with Gasteiger partial charge in [0.2, 0.25) is 5.91 Å². The van der Waals surface area contributed by atoms with Crippen molar-refractivity contribution in [2.75, 3.05) is 6.61 Å². The Hall–Kier alpha value is -2.16. The van der Waals surface area contributed by atoms with Crippen LogP contribution in [0.15, 0.2) is 35.7 Å². The molecule has 0 unspecified atom stereocenters. The molecule has 2 rings (SSSR count). The Morgan fingerprint density at radius 3 is 2.76 bits per heavy atom. The quantitative estimate of drug-likeness (QED) is 0.850. The molecule has 21 heavy (non-hydrogen) atoms. The highest BCUT2D eigenvalue weighted by atomic mass is 32.1. The summed E-state index contributed by atoms with van der Waals surface area (Å²) in [6, 6.07) is 7.72. The fourth-order valence-corrected chi connectivity index (χ4v) is 2.52. The van der Waals surface area contributed by atoms with Crippen molar-refractivity contribution >= 4 is 17.2 Å². The molecule has 1 amide bonds. The first-order chi connectivity index (χ1) is 10.2. The molecule has 5 heteroatoms. The van der Waals surface area contributed by atoms with E-state index >= 15 is 0 Å². The van der Waals surface area contributed by atoms with E-state index < -0.39 is 0 Å². The molecule has 2 N–H and O–H groups in total. The van der Waals surface area contributed by atoms with E-state index in [1.165, 1.54) is 23.5 Å². The van der Waals surface area contributed by atoms with Crippen molar-refractivity contribution in [3.63, 3.8) is 0 Å². The van der Waals surface area contributed by atoms with Gasteiger partial charge >= 0.3 is 0 Å². The second kappa shape index (κ2) is 7.58. The van der Waals surface area contributed by atoms with Gasteiger partial charge in [-0.05, 0) is 29.1 Å². The highest BCUT2D eigenvalue weighted by molar-refractivity contribution is 7.10. The molecule has 0 aliphatic heterocycles. The van der Waals surface area contributed by atoms with Crippen molar-refractivity contribution in [1.82, 2.24) is 5.32 Å². The fraction of sp³-hybridized carbons (Fsp3) is 0.188. The summed E-state index contributed by atoms with van der Waals surface area (Å²) in [6.07, 6.45) is 0.212. The van der Waals surface area contributed by atoms with Crippen LogP contribution in [0, 0.1) is 17.7 Å². The van der Waals surface area contributed by atoms with Gasteiger partial charge in [-0.3, -0.25) is 4.79 Å². The van der Waals surface area contributed by atoms with Crippen LogP contribution >= 0.6 is 11.3 Å². The normalized spacial score (nSPS) is 9.81. The summed E-state index contributed by atoms with van der Waals surface area (Å²) in [5.41, 5.74) is 1.58. The Labute approximate surface area is 126 Å². The second-order valence-electron chi connectivity index (χ2n) is 4.30. The van der Waals surface area contributed by atoms with Crippen LogP contribution < -0.4 is 5.32 Å². The summed E-state index contributed by atoms with van der Waals surface area (Å²) in [5, 5.41) is 13.4. The Kier molecular flexibility index (Phi) is 5.50. The van der Waals surface area contributed by atoms with Gasteiger partial charge in [0.05, 0.1) is 13.0 Å². The minimum absolute atomic E-state index is 0.129. The van der Waals surface area contributed by atoms with E-state index in [1.807, 2.05) is 11.4 Å². The van der Waals surface area contributed by atoms with Gasteiger partial charge in [0.25, 0.3) is 0 Å². The zero-order valence-electron chi connectivity index (χ0n) is 11.2. The van der Waals surface area contributed by atoms with Crippen LogP contribution in [0.1, 0.15) is 16.0 Å². The first kappa shape index (κ1) is 15.2. The van der Waals surface area contributed by atoms with E-state index in [4.69, 9.17) is 5.11 Å². The lowest BCUT2D eigenvalue weighted by Gasteiger charge is -2.04. The fourth-order valence-electron chi connectivity index (χ4n) is 1.75. The molecule has 3 nitrogen and oxygen atoms in total. The van der Waals surface area contributed by atoms with Crippen molar-refractivity contribution in [3.8, 4) is 11.8 Å². The van der Waals surface area contributed by atoms with E-state index in [0.29, 0.717) is 6.54 Å². The number of aliphatic hydroxyl groups is 1. The Bertz CT molecular complexity index is 668. The van der Waals surface area contributed by atoms with Crippen molar-refractivity contribution in [2.45, 2.75) is 13.0 Å². The highest BCUT2D eigenvalue weighted by Crippen LogP contribution is 2.15. The average molecular weight is 303 g/mol. The molecule has 0 bridgehead atoms. The third-order valence-corrected chi connectivity index (χ3v) is 3.69. The number of amides is 1. The van der Waals surface area contributed by atoms with Gasteiger partial charge in [-0.15, -0.1) is 11.3 Å². The first-order valence-electron chi connectivity index (χ1n) is 6.36. The molecule has 108 valence electrons. The smallest absolute Gasteiger partial charge is 0.224 e. The Balaban J connectivity index is 1.89. The van der Waals surface area contributed by atoms with E-state index in [-0.39, 0.29) is 24.8 Å². The minimum atomic E-state index is -0.315. The molecule has 0 spiro atoms. The lowest BCUT2D eigenvalue weighted by Crippen LogP contribution is -2.24. The zero-order valence-corrected chi connectivity index (χ0v) is 12.0. The molecular formula is C16H14FNO2S. The van der Waals surface area contributed by atoms with Crippen LogP contribution in [0.4, 0.5) is 4.39 Å². The summed E-state index contributed by atoms with van der Waals surface area (Å²) in [5.74, 6) is 4.98. The molecule has 1 heterocycles. The maximum absolute atomic E-state index is 12.8. The lowest BCUT2D eigenvalue weighted by atomic mass is 10.1. The third-order valence-electron chi connectivity index (χ3n) is 2.77. The van der Waals surface area contributed by atoms with E-state index in [9.17, 15) is 9.18 Å². The van der Waals surface area contributed by atoms with Gasteiger partial charge < -0.3 is 10.4 Å². The van der Waals surface area contributed by atoms with Crippen LogP contribution in [0.25, 0.3) is 0 Å². The number of halogens is 1. The average Bonchev–Trinajstić information content (AvgIpc) is 2.93. The summed E-state index contributed by atoms with van der Waals surface area (Å²) < 4.78 is 12.8. The van der Waals surface area contributed by atoms with E-state index in [0.717, 1.165) is 16.0 Å². The predicted octanol–water partition coefficient (Wildman–Crippen LogP) is 2.09. The first-order valence-corrected chi connectivity index (χ1v) is 7.24. The van der Waals surface area contributed by atoms with Crippen LogP contribution in [0.5, 0.6) is 0 Å². The second-order valence-corrected chi connectivity index (χ2v) is 5.30. The zero-order chi connectivity index (χ0) is 15.1. The van der Waals surface area contributed by atoms with Gasteiger partial charge in [-0.2, -0.15) is 0 Å². The molecule has 0 saturated heterocycles. The van der Waals surface area contributed by atoms with Crippen molar-refractivity contribution in [1.29, 1.82) is 0 Å². The molecule has 0 radical (unpaired) electrons. The number of rotatable bonds is 4. The highest BCUT2D eigenvalue weighted by Gasteiger charge is 2.06. The van der Waals surface area contributed by atoms with E-state index in [1.54, 1.807) is 12.1 Å². The SMILES string of the molecule is O=C(Cc1ccc(F)cc1)NCc1sccc1C#CCO. The third kappa shape index (κ3) is 4.71. The number of aliphatic hydroxyl groups excluding tert-OH is 1. The van der Waals surface area contributed by atoms with E-state index in [2.05, 4.69) is 17.2 Å². The van der Waals surface area contributed by atoms with Crippen LogP contribution in [0.2, 0.25) is 0 Å². The summed E-state index contributed by atoms with van der Waals surface area (Å²) in [4.78, 5) is 12.8. The predicted molar refractivity (Wildman–Crippen MR) is 80.2 cm³/mol. The molecule has 2 aromatic rings. The number of carbonyl (C=O) groups is 1. The maximum atomic E-state index is 12.8. The van der Waals surface area contributed by atoms with Crippen molar-refractivity contribution in [2.24, 2.45) is 0 Å².